The number of Topliss-reactive ketones (excluding diaryl/α,β-unsaturated/α-hetero) is 1. The maximum Gasteiger partial charge on any atom is 0.534 e. The monoisotopic (exact) mass is 372 g/mol. The molecule has 0 spiro atoms. The predicted octanol–water partition coefficient (Wildman–Crippen LogP) is 2.84. The fourth-order valence-corrected chi connectivity index (χ4v) is 3.03. The van der Waals surface area contributed by atoms with Crippen molar-refractivity contribution in [2.45, 2.75) is 51.0 Å². The van der Waals surface area contributed by atoms with Gasteiger partial charge in [-0.05, 0) is 26.2 Å². The van der Waals surface area contributed by atoms with Crippen LogP contribution < -0.4 is 0 Å². The van der Waals surface area contributed by atoms with Gasteiger partial charge in [-0.15, -0.1) is 0 Å². The van der Waals surface area contributed by atoms with Gasteiger partial charge in [0.15, 0.2) is 0 Å². The van der Waals surface area contributed by atoms with Gasteiger partial charge >= 0.3 is 21.6 Å². The van der Waals surface area contributed by atoms with E-state index in [4.69, 9.17) is 4.74 Å². The van der Waals surface area contributed by atoms with E-state index in [0.717, 1.165) is 0 Å². The number of carbonyl (C=O) groups excluding carboxylic acids is 2. The number of esters is 1. The minimum absolute atomic E-state index is 0.0494. The summed E-state index contributed by atoms with van der Waals surface area (Å²) in [6.07, 6.45) is 0.951. The zero-order chi connectivity index (χ0) is 18.6. The highest BCUT2D eigenvalue weighted by molar-refractivity contribution is 7.87. The summed E-state index contributed by atoms with van der Waals surface area (Å²) < 4.78 is 67.5. The molecule has 0 aliphatic heterocycles. The average Bonchev–Trinajstić information content (AvgIpc) is 2.45. The van der Waals surface area contributed by atoms with Crippen molar-refractivity contribution in [2.75, 3.05) is 6.61 Å². The Kier molecular flexibility index (Phi) is 6.43. The van der Waals surface area contributed by atoms with Crippen molar-refractivity contribution >= 4 is 21.9 Å². The van der Waals surface area contributed by atoms with Crippen molar-refractivity contribution in [1.29, 1.82) is 0 Å². The smallest absolute Gasteiger partial charge is 0.465 e. The number of halogens is 3. The highest BCUT2D eigenvalue weighted by Gasteiger charge is 2.50. The summed E-state index contributed by atoms with van der Waals surface area (Å²) in [6.45, 7) is 4.75. The Bertz CT molecular complexity index is 610. The van der Waals surface area contributed by atoms with Gasteiger partial charge in [-0.2, -0.15) is 21.6 Å². The number of alkyl halides is 3. The molecule has 0 aromatic heterocycles. The van der Waals surface area contributed by atoms with Gasteiger partial charge in [-0.1, -0.05) is 13.0 Å². The fourth-order valence-electron chi connectivity index (χ4n) is 2.54. The molecule has 1 atom stereocenters. The van der Waals surface area contributed by atoms with Crippen LogP contribution >= 0.6 is 0 Å². The topological polar surface area (TPSA) is 86.7 Å². The summed E-state index contributed by atoms with van der Waals surface area (Å²) >= 11 is 0. The van der Waals surface area contributed by atoms with Crippen LogP contribution in [0, 0.1) is 5.41 Å². The molecule has 0 bridgehead atoms. The van der Waals surface area contributed by atoms with Gasteiger partial charge in [0.1, 0.15) is 17.0 Å². The predicted molar refractivity (Wildman–Crippen MR) is 77.0 cm³/mol. The van der Waals surface area contributed by atoms with Crippen LogP contribution in [0.5, 0.6) is 0 Å². The zero-order valence-electron chi connectivity index (χ0n) is 13.1. The molecule has 6 nitrogen and oxygen atoms in total. The summed E-state index contributed by atoms with van der Waals surface area (Å²) in [5, 5.41) is 0. The first-order valence-corrected chi connectivity index (χ1v) is 8.76. The van der Waals surface area contributed by atoms with Gasteiger partial charge < -0.3 is 8.92 Å². The van der Waals surface area contributed by atoms with Crippen LogP contribution in [-0.2, 0) is 28.6 Å². The van der Waals surface area contributed by atoms with Gasteiger partial charge in [0.05, 0.1) is 6.61 Å². The van der Waals surface area contributed by atoms with Crippen LogP contribution in [0.15, 0.2) is 12.3 Å². The zero-order valence-corrected chi connectivity index (χ0v) is 14.0. The van der Waals surface area contributed by atoms with Gasteiger partial charge in [-0.3, -0.25) is 9.59 Å². The third kappa shape index (κ3) is 4.49. The van der Waals surface area contributed by atoms with Gasteiger partial charge in [0.2, 0.25) is 0 Å². The van der Waals surface area contributed by atoms with Crippen molar-refractivity contribution < 1.29 is 40.1 Å². The molecule has 0 saturated heterocycles. The van der Waals surface area contributed by atoms with Gasteiger partial charge in [-0.25, -0.2) is 0 Å². The van der Waals surface area contributed by atoms with Crippen LogP contribution in [-0.4, -0.2) is 32.3 Å². The van der Waals surface area contributed by atoms with Crippen molar-refractivity contribution in [1.82, 2.24) is 0 Å². The normalized spacial score (nSPS) is 22.1. The Balaban J connectivity index is 2.84. The van der Waals surface area contributed by atoms with E-state index in [2.05, 4.69) is 10.8 Å². The second-order valence-electron chi connectivity index (χ2n) is 5.45. The molecule has 0 radical (unpaired) electrons. The molecule has 1 unspecified atom stereocenters. The SMILES string of the molecule is C=C(CCC1(C(=O)OCC)CCCCC1=O)OS(=O)(=O)C(F)(F)F. The Labute approximate surface area is 138 Å². The summed E-state index contributed by atoms with van der Waals surface area (Å²) in [4.78, 5) is 24.4. The molecule has 138 valence electrons. The lowest BCUT2D eigenvalue weighted by atomic mass is 9.70. The minimum Gasteiger partial charge on any atom is -0.465 e. The van der Waals surface area contributed by atoms with E-state index in [1.54, 1.807) is 6.92 Å². The summed E-state index contributed by atoms with van der Waals surface area (Å²) in [5.74, 6) is -1.80. The molecule has 0 heterocycles. The number of hydrogen-bond acceptors (Lipinski definition) is 6. The maximum atomic E-state index is 12.3. The molecule has 24 heavy (non-hydrogen) atoms. The van der Waals surface area contributed by atoms with E-state index < -0.39 is 32.8 Å². The molecule has 1 saturated carbocycles. The molecule has 10 heteroatoms. The Morgan fingerprint density at radius 1 is 1.33 bits per heavy atom. The Morgan fingerprint density at radius 3 is 2.46 bits per heavy atom. The van der Waals surface area contributed by atoms with Crippen molar-refractivity contribution in [3.8, 4) is 0 Å². The molecule has 1 aliphatic rings. The van der Waals surface area contributed by atoms with Crippen LogP contribution in [0.3, 0.4) is 0 Å². The molecule has 0 aromatic carbocycles. The first-order chi connectivity index (χ1) is 11.0. The molecule has 1 fully saturated rings. The van der Waals surface area contributed by atoms with E-state index >= 15 is 0 Å². The molecule has 0 N–H and O–H groups in total. The highest BCUT2D eigenvalue weighted by atomic mass is 32.2. The van der Waals surface area contributed by atoms with Gasteiger partial charge in [0.25, 0.3) is 0 Å². The standard InChI is InChI=1S/C14H19F3O6S/c1-3-22-12(19)13(8-5-4-6-11(13)18)9-7-10(2)23-24(20,21)14(15,16)17/h2-9H2,1H3. The first kappa shape index (κ1) is 20.5. The lowest BCUT2D eigenvalue weighted by molar-refractivity contribution is -0.162. The van der Waals surface area contributed by atoms with Crippen LogP contribution in [0.4, 0.5) is 13.2 Å². The van der Waals surface area contributed by atoms with E-state index in [-0.39, 0.29) is 38.1 Å². The Hall–Kier alpha value is -1.58. The van der Waals surface area contributed by atoms with E-state index in [1.165, 1.54) is 0 Å². The number of carbonyl (C=O) groups is 2. The Morgan fingerprint density at radius 2 is 1.96 bits per heavy atom. The van der Waals surface area contributed by atoms with Crippen LogP contribution in [0.1, 0.15) is 45.4 Å². The first-order valence-electron chi connectivity index (χ1n) is 7.35. The highest BCUT2D eigenvalue weighted by Crippen LogP contribution is 2.40. The number of rotatable bonds is 7. The molecular formula is C14H19F3O6S. The number of ether oxygens (including phenoxy) is 1. The van der Waals surface area contributed by atoms with Crippen molar-refractivity contribution in [2.24, 2.45) is 5.41 Å². The van der Waals surface area contributed by atoms with E-state index in [9.17, 15) is 31.2 Å². The second kappa shape index (κ2) is 7.54. The molecule has 1 rings (SSSR count). The second-order valence-corrected chi connectivity index (χ2v) is 6.99. The van der Waals surface area contributed by atoms with Crippen LogP contribution in [0.2, 0.25) is 0 Å². The lowest BCUT2D eigenvalue weighted by Gasteiger charge is -2.33. The largest absolute Gasteiger partial charge is 0.534 e. The van der Waals surface area contributed by atoms with E-state index in [1.807, 2.05) is 0 Å². The van der Waals surface area contributed by atoms with Gasteiger partial charge in [0, 0.05) is 12.8 Å². The molecule has 1 aliphatic carbocycles. The van der Waals surface area contributed by atoms with E-state index in [0.29, 0.717) is 12.8 Å². The third-order valence-electron chi connectivity index (χ3n) is 3.80. The summed E-state index contributed by atoms with van der Waals surface area (Å²) in [6, 6.07) is 0. The average molecular weight is 372 g/mol. The molecule has 0 aromatic rings. The summed E-state index contributed by atoms with van der Waals surface area (Å²) in [5.41, 5.74) is -7.06. The molecular weight excluding hydrogens is 353 g/mol. The molecule has 0 amide bonds. The fraction of sp³-hybridized carbons (Fsp3) is 0.714. The van der Waals surface area contributed by atoms with Crippen molar-refractivity contribution in [3.63, 3.8) is 0 Å². The van der Waals surface area contributed by atoms with Crippen molar-refractivity contribution in [3.05, 3.63) is 12.3 Å². The lowest BCUT2D eigenvalue weighted by Crippen LogP contribution is -2.43. The summed E-state index contributed by atoms with van der Waals surface area (Å²) in [7, 11) is -5.81. The maximum absolute atomic E-state index is 12.3. The quantitative estimate of drug-likeness (QED) is 0.225. The number of ketones is 1. The van der Waals surface area contributed by atoms with Crippen LogP contribution in [0.25, 0.3) is 0 Å². The minimum atomic E-state index is -5.81. The third-order valence-corrected chi connectivity index (χ3v) is 4.82. The number of allylic oxidation sites excluding steroid dienone is 1. The number of hydrogen-bond donors (Lipinski definition) is 0.